The molecule has 0 aliphatic carbocycles. The number of nitrogens with zero attached hydrogens (tertiary/aromatic N) is 1. The van der Waals surface area contributed by atoms with Crippen molar-refractivity contribution >= 4 is 5.91 Å². The minimum atomic E-state index is -0.332. The Balaban J connectivity index is 1.65. The Labute approximate surface area is 134 Å². The molecule has 1 aliphatic heterocycles. The molecule has 1 atom stereocenters. The lowest BCUT2D eigenvalue weighted by atomic mass is 10.1. The highest BCUT2D eigenvalue weighted by Crippen LogP contribution is 2.24. The van der Waals surface area contributed by atoms with Crippen molar-refractivity contribution in [3.63, 3.8) is 0 Å². The summed E-state index contributed by atoms with van der Waals surface area (Å²) in [6.07, 6.45) is 0. The molecule has 0 radical (unpaired) electrons. The lowest BCUT2D eigenvalue weighted by molar-refractivity contribution is -0.142. The summed E-state index contributed by atoms with van der Waals surface area (Å²) in [7, 11) is 0. The normalized spacial score (nSPS) is 17.8. The van der Waals surface area contributed by atoms with Crippen molar-refractivity contribution in [3.8, 4) is 5.75 Å². The highest BCUT2D eigenvalue weighted by molar-refractivity contribution is 5.78. The zero-order valence-electron chi connectivity index (χ0n) is 12.7. The molecular formula is C18H18FNO3. The topological polar surface area (TPSA) is 38.8 Å². The summed E-state index contributed by atoms with van der Waals surface area (Å²) >= 11 is 0. The summed E-state index contributed by atoms with van der Waals surface area (Å²) in [6, 6.07) is 15.3. The number of benzene rings is 2. The van der Waals surface area contributed by atoms with E-state index < -0.39 is 0 Å². The molecule has 5 heteroatoms. The molecule has 1 amide bonds. The largest absolute Gasteiger partial charge is 0.484 e. The van der Waals surface area contributed by atoms with Crippen LogP contribution in [0.25, 0.3) is 0 Å². The van der Waals surface area contributed by atoms with Gasteiger partial charge in [0.1, 0.15) is 11.6 Å². The number of hydrogen-bond acceptors (Lipinski definition) is 3. The van der Waals surface area contributed by atoms with Gasteiger partial charge in [0.2, 0.25) is 0 Å². The number of morpholine rings is 1. The third kappa shape index (κ3) is 3.87. The number of halogens is 1. The van der Waals surface area contributed by atoms with E-state index in [0.29, 0.717) is 25.5 Å². The minimum Gasteiger partial charge on any atom is -0.484 e. The van der Waals surface area contributed by atoms with Crippen LogP contribution in [-0.4, -0.2) is 37.2 Å². The SMILES string of the molecule is O=C(COc1ccc(F)cc1)N1CCOCC1c1ccccc1. The van der Waals surface area contributed by atoms with Crippen molar-refractivity contribution in [1.29, 1.82) is 0 Å². The Morgan fingerprint density at radius 1 is 1.17 bits per heavy atom. The Morgan fingerprint density at radius 3 is 2.65 bits per heavy atom. The smallest absolute Gasteiger partial charge is 0.261 e. The van der Waals surface area contributed by atoms with E-state index in [0.717, 1.165) is 5.56 Å². The van der Waals surface area contributed by atoms with E-state index in [-0.39, 0.29) is 24.4 Å². The van der Waals surface area contributed by atoms with Crippen molar-refractivity contribution in [2.24, 2.45) is 0 Å². The summed E-state index contributed by atoms with van der Waals surface area (Å²) in [4.78, 5) is 14.3. The molecular weight excluding hydrogens is 297 g/mol. The molecule has 1 saturated heterocycles. The predicted molar refractivity (Wildman–Crippen MR) is 83.6 cm³/mol. The van der Waals surface area contributed by atoms with Gasteiger partial charge in [-0.25, -0.2) is 4.39 Å². The van der Waals surface area contributed by atoms with Gasteiger partial charge in [0.15, 0.2) is 6.61 Å². The average Bonchev–Trinajstić information content (AvgIpc) is 2.62. The van der Waals surface area contributed by atoms with Crippen LogP contribution in [0.15, 0.2) is 54.6 Å². The van der Waals surface area contributed by atoms with Crippen LogP contribution in [0.3, 0.4) is 0 Å². The van der Waals surface area contributed by atoms with Gasteiger partial charge in [0, 0.05) is 6.54 Å². The fourth-order valence-corrected chi connectivity index (χ4v) is 2.61. The van der Waals surface area contributed by atoms with Gasteiger partial charge >= 0.3 is 0 Å². The first-order valence-electron chi connectivity index (χ1n) is 7.54. The van der Waals surface area contributed by atoms with E-state index in [4.69, 9.17) is 9.47 Å². The number of carbonyl (C=O) groups is 1. The molecule has 0 aromatic heterocycles. The van der Waals surface area contributed by atoms with Gasteiger partial charge in [0.05, 0.1) is 19.3 Å². The zero-order chi connectivity index (χ0) is 16.1. The number of carbonyl (C=O) groups excluding carboxylic acids is 1. The molecule has 3 rings (SSSR count). The number of rotatable bonds is 4. The standard InChI is InChI=1S/C18H18FNO3/c19-15-6-8-16(9-7-15)23-13-18(21)20-10-11-22-12-17(20)14-4-2-1-3-5-14/h1-9,17H,10-13H2. The van der Waals surface area contributed by atoms with E-state index in [1.807, 2.05) is 30.3 Å². The van der Waals surface area contributed by atoms with Gasteiger partial charge in [-0.2, -0.15) is 0 Å². The molecule has 1 aliphatic rings. The maximum atomic E-state index is 12.9. The molecule has 0 saturated carbocycles. The summed E-state index contributed by atoms with van der Waals surface area (Å²) in [6.45, 7) is 1.46. The average molecular weight is 315 g/mol. The molecule has 23 heavy (non-hydrogen) atoms. The summed E-state index contributed by atoms with van der Waals surface area (Å²) in [5, 5.41) is 0. The van der Waals surface area contributed by atoms with Crippen molar-refractivity contribution in [1.82, 2.24) is 4.90 Å². The van der Waals surface area contributed by atoms with Crippen LogP contribution in [0.5, 0.6) is 5.75 Å². The zero-order valence-corrected chi connectivity index (χ0v) is 12.7. The Bertz CT molecular complexity index is 645. The lowest BCUT2D eigenvalue weighted by Gasteiger charge is -2.35. The molecule has 0 N–H and O–H groups in total. The molecule has 1 fully saturated rings. The van der Waals surface area contributed by atoms with E-state index >= 15 is 0 Å². The second kappa shape index (κ2) is 7.24. The summed E-state index contributed by atoms with van der Waals surface area (Å²) in [5.74, 6) is 0.0387. The Morgan fingerprint density at radius 2 is 1.91 bits per heavy atom. The van der Waals surface area contributed by atoms with Gasteiger partial charge in [-0.3, -0.25) is 4.79 Å². The van der Waals surface area contributed by atoms with Gasteiger partial charge < -0.3 is 14.4 Å². The Kier molecular flexibility index (Phi) is 4.88. The molecule has 4 nitrogen and oxygen atoms in total. The summed E-state index contributed by atoms with van der Waals surface area (Å²) in [5.41, 5.74) is 1.04. The first kappa shape index (κ1) is 15.5. The van der Waals surface area contributed by atoms with E-state index in [2.05, 4.69) is 0 Å². The van der Waals surface area contributed by atoms with Crippen LogP contribution < -0.4 is 4.74 Å². The van der Waals surface area contributed by atoms with Crippen LogP contribution in [0, 0.1) is 5.82 Å². The molecule has 0 spiro atoms. The van der Waals surface area contributed by atoms with Crippen LogP contribution in [-0.2, 0) is 9.53 Å². The van der Waals surface area contributed by atoms with Crippen LogP contribution in [0.1, 0.15) is 11.6 Å². The van der Waals surface area contributed by atoms with E-state index in [1.54, 1.807) is 4.90 Å². The Hall–Kier alpha value is -2.40. The van der Waals surface area contributed by atoms with Gasteiger partial charge in [0.25, 0.3) is 5.91 Å². The van der Waals surface area contributed by atoms with Crippen molar-refractivity contribution < 1.29 is 18.7 Å². The lowest BCUT2D eigenvalue weighted by Crippen LogP contribution is -2.45. The third-order valence-corrected chi connectivity index (χ3v) is 3.81. The first-order chi connectivity index (χ1) is 11.2. The second-order valence-electron chi connectivity index (χ2n) is 5.33. The second-order valence-corrected chi connectivity index (χ2v) is 5.33. The molecule has 2 aromatic carbocycles. The number of amides is 1. The maximum absolute atomic E-state index is 12.9. The van der Waals surface area contributed by atoms with Crippen LogP contribution in [0.4, 0.5) is 4.39 Å². The molecule has 2 aromatic rings. The maximum Gasteiger partial charge on any atom is 0.261 e. The highest BCUT2D eigenvalue weighted by atomic mass is 19.1. The number of hydrogen-bond donors (Lipinski definition) is 0. The van der Waals surface area contributed by atoms with Gasteiger partial charge in [-0.1, -0.05) is 30.3 Å². The predicted octanol–water partition coefficient (Wildman–Crippen LogP) is 2.80. The molecule has 1 heterocycles. The van der Waals surface area contributed by atoms with Crippen molar-refractivity contribution in [2.45, 2.75) is 6.04 Å². The fourth-order valence-electron chi connectivity index (χ4n) is 2.61. The summed E-state index contributed by atoms with van der Waals surface area (Å²) < 4.78 is 23.8. The van der Waals surface area contributed by atoms with Gasteiger partial charge in [-0.15, -0.1) is 0 Å². The first-order valence-corrected chi connectivity index (χ1v) is 7.54. The van der Waals surface area contributed by atoms with E-state index in [9.17, 15) is 9.18 Å². The number of ether oxygens (including phenoxy) is 2. The van der Waals surface area contributed by atoms with Gasteiger partial charge in [-0.05, 0) is 29.8 Å². The van der Waals surface area contributed by atoms with Crippen LogP contribution in [0.2, 0.25) is 0 Å². The third-order valence-electron chi connectivity index (χ3n) is 3.81. The monoisotopic (exact) mass is 315 g/mol. The quantitative estimate of drug-likeness (QED) is 0.871. The molecule has 1 unspecified atom stereocenters. The van der Waals surface area contributed by atoms with Crippen molar-refractivity contribution in [2.75, 3.05) is 26.4 Å². The molecule has 120 valence electrons. The van der Waals surface area contributed by atoms with E-state index in [1.165, 1.54) is 24.3 Å². The van der Waals surface area contributed by atoms with Crippen molar-refractivity contribution in [3.05, 3.63) is 66.0 Å². The highest BCUT2D eigenvalue weighted by Gasteiger charge is 2.28. The molecule has 0 bridgehead atoms. The minimum absolute atomic E-state index is 0.0744. The van der Waals surface area contributed by atoms with Crippen LogP contribution >= 0.6 is 0 Å². The fraction of sp³-hybridized carbons (Fsp3) is 0.278.